The molecule has 0 spiro atoms. The SMILES string of the molecule is CC(=O)N(CCNS(=O)(=O)c1cccc(Cl)c1)c1cc(C)ccc1C. The third-order valence-electron chi connectivity index (χ3n) is 3.77. The molecular formula is C18H21ClN2O3S. The van der Waals surface area contributed by atoms with Gasteiger partial charge >= 0.3 is 0 Å². The Hall–Kier alpha value is -1.89. The molecule has 0 unspecified atom stereocenters. The van der Waals surface area contributed by atoms with Gasteiger partial charge in [-0.15, -0.1) is 0 Å². The zero-order chi connectivity index (χ0) is 18.6. The van der Waals surface area contributed by atoms with Crippen LogP contribution in [0.5, 0.6) is 0 Å². The molecule has 0 atom stereocenters. The molecule has 134 valence electrons. The maximum absolute atomic E-state index is 12.3. The fraction of sp³-hybridized carbons (Fsp3) is 0.278. The molecule has 2 aromatic carbocycles. The normalized spacial score (nSPS) is 11.4. The van der Waals surface area contributed by atoms with Crippen LogP contribution in [0.1, 0.15) is 18.1 Å². The molecule has 2 aromatic rings. The zero-order valence-corrected chi connectivity index (χ0v) is 16.0. The summed E-state index contributed by atoms with van der Waals surface area (Å²) in [5.41, 5.74) is 2.78. The fourth-order valence-corrected chi connectivity index (χ4v) is 3.79. The Kier molecular flexibility index (Phi) is 6.21. The van der Waals surface area contributed by atoms with Crippen molar-refractivity contribution in [2.75, 3.05) is 18.0 Å². The summed E-state index contributed by atoms with van der Waals surface area (Å²) in [6.07, 6.45) is 0. The van der Waals surface area contributed by atoms with Crippen LogP contribution in [0.2, 0.25) is 5.02 Å². The fourth-order valence-electron chi connectivity index (χ4n) is 2.47. The second-order valence-corrected chi connectivity index (χ2v) is 8.02. The van der Waals surface area contributed by atoms with Crippen molar-refractivity contribution in [1.82, 2.24) is 4.72 Å². The highest BCUT2D eigenvalue weighted by atomic mass is 35.5. The number of amides is 1. The van der Waals surface area contributed by atoms with Crippen LogP contribution >= 0.6 is 11.6 Å². The van der Waals surface area contributed by atoms with Crippen molar-refractivity contribution in [3.63, 3.8) is 0 Å². The number of nitrogens with one attached hydrogen (secondary N) is 1. The van der Waals surface area contributed by atoms with Gasteiger partial charge in [0.05, 0.1) is 4.90 Å². The standard InChI is InChI=1S/C18H21ClN2O3S/c1-13-7-8-14(2)18(11-13)21(15(3)22)10-9-20-25(23,24)17-6-4-5-16(19)12-17/h4-8,11-12,20H,9-10H2,1-3H3. The number of halogens is 1. The van der Waals surface area contributed by atoms with Crippen LogP contribution in [-0.2, 0) is 14.8 Å². The van der Waals surface area contributed by atoms with Gasteiger partial charge in [0.15, 0.2) is 0 Å². The van der Waals surface area contributed by atoms with E-state index in [1.54, 1.807) is 17.0 Å². The lowest BCUT2D eigenvalue weighted by atomic mass is 10.1. The summed E-state index contributed by atoms with van der Waals surface area (Å²) >= 11 is 5.84. The Balaban J connectivity index is 2.12. The summed E-state index contributed by atoms with van der Waals surface area (Å²) in [5, 5.41) is 0.351. The lowest BCUT2D eigenvalue weighted by molar-refractivity contribution is -0.116. The minimum Gasteiger partial charge on any atom is -0.311 e. The van der Waals surface area contributed by atoms with E-state index < -0.39 is 10.0 Å². The van der Waals surface area contributed by atoms with Gasteiger partial charge in [-0.1, -0.05) is 29.8 Å². The van der Waals surface area contributed by atoms with Gasteiger partial charge in [-0.3, -0.25) is 4.79 Å². The van der Waals surface area contributed by atoms with Gasteiger partial charge in [-0.2, -0.15) is 0 Å². The first-order valence-electron chi connectivity index (χ1n) is 7.81. The molecule has 0 saturated heterocycles. The third-order valence-corrected chi connectivity index (χ3v) is 5.46. The molecule has 0 aromatic heterocycles. The van der Waals surface area contributed by atoms with E-state index in [4.69, 9.17) is 11.6 Å². The highest BCUT2D eigenvalue weighted by Crippen LogP contribution is 2.21. The maximum Gasteiger partial charge on any atom is 0.240 e. The van der Waals surface area contributed by atoms with Gasteiger partial charge in [0.2, 0.25) is 15.9 Å². The lowest BCUT2D eigenvalue weighted by Gasteiger charge is -2.23. The topological polar surface area (TPSA) is 66.5 Å². The van der Waals surface area contributed by atoms with Gasteiger partial charge in [0.1, 0.15) is 0 Å². The van der Waals surface area contributed by atoms with E-state index in [1.165, 1.54) is 19.1 Å². The molecule has 7 heteroatoms. The number of anilines is 1. The molecule has 5 nitrogen and oxygen atoms in total. The Morgan fingerprint density at radius 2 is 1.88 bits per heavy atom. The second kappa shape index (κ2) is 7.99. The summed E-state index contributed by atoms with van der Waals surface area (Å²) in [7, 11) is -3.68. The zero-order valence-electron chi connectivity index (χ0n) is 14.4. The van der Waals surface area contributed by atoms with Crippen LogP contribution in [0.3, 0.4) is 0 Å². The first-order chi connectivity index (χ1) is 11.7. The predicted molar refractivity (Wildman–Crippen MR) is 101 cm³/mol. The molecule has 25 heavy (non-hydrogen) atoms. The minimum atomic E-state index is -3.68. The van der Waals surface area contributed by atoms with Crippen molar-refractivity contribution in [3.05, 3.63) is 58.6 Å². The molecule has 0 radical (unpaired) electrons. The molecule has 0 fully saturated rings. The van der Waals surface area contributed by atoms with Crippen molar-refractivity contribution in [3.8, 4) is 0 Å². The molecule has 2 rings (SSSR count). The van der Waals surface area contributed by atoms with E-state index in [0.29, 0.717) is 5.02 Å². The Morgan fingerprint density at radius 3 is 2.52 bits per heavy atom. The predicted octanol–water partition coefficient (Wildman–Crippen LogP) is 3.29. The maximum atomic E-state index is 12.3. The number of aryl methyl sites for hydroxylation is 2. The van der Waals surface area contributed by atoms with Crippen molar-refractivity contribution >= 4 is 33.2 Å². The highest BCUT2D eigenvalue weighted by Gasteiger charge is 2.17. The Morgan fingerprint density at radius 1 is 1.16 bits per heavy atom. The molecule has 0 aliphatic carbocycles. The Labute approximate surface area is 153 Å². The average molecular weight is 381 g/mol. The van der Waals surface area contributed by atoms with Crippen LogP contribution in [-0.4, -0.2) is 27.4 Å². The van der Waals surface area contributed by atoms with Gasteiger partial charge in [-0.25, -0.2) is 13.1 Å². The monoisotopic (exact) mass is 380 g/mol. The average Bonchev–Trinajstić information content (AvgIpc) is 2.54. The number of hydrogen-bond donors (Lipinski definition) is 1. The van der Waals surface area contributed by atoms with E-state index in [0.717, 1.165) is 16.8 Å². The van der Waals surface area contributed by atoms with Gasteiger partial charge in [-0.05, 0) is 49.2 Å². The largest absolute Gasteiger partial charge is 0.311 e. The number of nitrogens with zero attached hydrogens (tertiary/aromatic N) is 1. The lowest BCUT2D eigenvalue weighted by Crippen LogP contribution is -2.38. The van der Waals surface area contributed by atoms with Crippen LogP contribution in [0.4, 0.5) is 5.69 Å². The molecule has 0 aliphatic rings. The summed E-state index contributed by atoms with van der Waals surface area (Å²) in [4.78, 5) is 13.7. The van der Waals surface area contributed by atoms with Crippen molar-refractivity contribution in [1.29, 1.82) is 0 Å². The number of hydrogen-bond acceptors (Lipinski definition) is 3. The number of sulfonamides is 1. The van der Waals surface area contributed by atoms with E-state index in [9.17, 15) is 13.2 Å². The third kappa shape index (κ3) is 5.04. The van der Waals surface area contributed by atoms with Crippen molar-refractivity contribution < 1.29 is 13.2 Å². The molecule has 0 heterocycles. The molecule has 1 N–H and O–H groups in total. The van der Waals surface area contributed by atoms with Crippen LogP contribution in [0.25, 0.3) is 0 Å². The molecule has 0 bridgehead atoms. The molecule has 1 amide bonds. The van der Waals surface area contributed by atoms with Crippen LogP contribution < -0.4 is 9.62 Å². The van der Waals surface area contributed by atoms with Gasteiger partial charge < -0.3 is 4.90 Å². The smallest absolute Gasteiger partial charge is 0.240 e. The van der Waals surface area contributed by atoms with Crippen molar-refractivity contribution in [2.45, 2.75) is 25.7 Å². The van der Waals surface area contributed by atoms with Crippen LogP contribution in [0, 0.1) is 13.8 Å². The molecule has 0 aliphatic heterocycles. The Bertz CT molecular complexity index is 882. The summed E-state index contributed by atoms with van der Waals surface area (Å²) < 4.78 is 27.2. The van der Waals surface area contributed by atoms with E-state index in [1.807, 2.05) is 32.0 Å². The van der Waals surface area contributed by atoms with Crippen molar-refractivity contribution in [2.24, 2.45) is 0 Å². The first kappa shape index (κ1) is 19.4. The van der Waals surface area contributed by atoms with Gasteiger partial charge in [0, 0.05) is 30.7 Å². The number of benzene rings is 2. The van der Waals surface area contributed by atoms with Gasteiger partial charge in [0.25, 0.3) is 0 Å². The quantitative estimate of drug-likeness (QED) is 0.836. The minimum absolute atomic E-state index is 0.0983. The second-order valence-electron chi connectivity index (χ2n) is 5.82. The highest BCUT2D eigenvalue weighted by molar-refractivity contribution is 7.89. The summed E-state index contributed by atoms with van der Waals surface area (Å²) in [5.74, 6) is -0.143. The van der Waals surface area contributed by atoms with E-state index in [2.05, 4.69) is 4.72 Å². The number of rotatable bonds is 6. The number of carbonyl (C=O) groups is 1. The molecule has 0 saturated carbocycles. The first-order valence-corrected chi connectivity index (χ1v) is 9.67. The van der Waals surface area contributed by atoms with E-state index >= 15 is 0 Å². The summed E-state index contributed by atoms with van der Waals surface area (Å²) in [6.45, 7) is 5.67. The number of carbonyl (C=O) groups excluding carboxylic acids is 1. The summed E-state index contributed by atoms with van der Waals surface area (Å²) in [6, 6.07) is 11.9. The van der Waals surface area contributed by atoms with Crippen LogP contribution in [0.15, 0.2) is 47.4 Å². The molecular weight excluding hydrogens is 360 g/mol. The van der Waals surface area contributed by atoms with E-state index in [-0.39, 0.29) is 23.9 Å².